The molecule has 0 radical (unpaired) electrons. The van der Waals surface area contributed by atoms with Crippen LogP contribution in [0.3, 0.4) is 0 Å². The van der Waals surface area contributed by atoms with Crippen molar-refractivity contribution in [2.75, 3.05) is 9.71 Å². The summed E-state index contributed by atoms with van der Waals surface area (Å²) < 4.78 is 2.69. The summed E-state index contributed by atoms with van der Waals surface area (Å²) in [4.78, 5) is 5.59. The zero-order valence-corrected chi connectivity index (χ0v) is 46.4. The summed E-state index contributed by atoms with van der Waals surface area (Å²) in [6, 6.07) is 46.9. The topological polar surface area (TPSA) is 6.48 Å². The maximum absolute atomic E-state index is 2.84. The van der Waals surface area contributed by atoms with Gasteiger partial charge in [-0.05, 0) is 212 Å². The zero-order valence-electron chi connectivity index (χ0n) is 45.6. The fourth-order valence-electron chi connectivity index (χ4n) is 14.5. The molecule has 2 aliphatic heterocycles. The average molecular weight is 961 g/mol. The molecule has 1 aromatic heterocycles. The molecule has 0 saturated carbocycles. The molecular formula is C68H73BN2S. The lowest BCUT2D eigenvalue weighted by Gasteiger charge is -2.49. The Labute approximate surface area is 435 Å². The van der Waals surface area contributed by atoms with E-state index in [9.17, 15) is 0 Å². The molecule has 0 spiro atoms. The van der Waals surface area contributed by atoms with Crippen molar-refractivity contribution >= 4 is 77.7 Å². The highest BCUT2D eigenvalue weighted by Crippen LogP contribution is 2.57. The van der Waals surface area contributed by atoms with Gasteiger partial charge in [-0.2, -0.15) is 0 Å². The first-order chi connectivity index (χ1) is 34.0. The van der Waals surface area contributed by atoms with Crippen LogP contribution in [0.4, 0.5) is 28.4 Å². The molecule has 5 aliphatic rings. The second-order valence-corrected chi connectivity index (χ2v) is 28.1. The van der Waals surface area contributed by atoms with Gasteiger partial charge in [0.05, 0.1) is 0 Å². The first kappa shape index (κ1) is 46.2. The summed E-state index contributed by atoms with van der Waals surface area (Å²) in [6.45, 7) is 34.4. The van der Waals surface area contributed by atoms with Crippen LogP contribution in [-0.4, -0.2) is 6.85 Å². The van der Waals surface area contributed by atoms with Crippen molar-refractivity contribution in [3.8, 4) is 22.3 Å². The molecule has 0 bridgehead atoms. The number of anilines is 5. The lowest BCUT2D eigenvalue weighted by Crippen LogP contribution is -2.61. The van der Waals surface area contributed by atoms with E-state index >= 15 is 0 Å². The first-order valence-electron chi connectivity index (χ1n) is 27.2. The van der Waals surface area contributed by atoms with Gasteiger partial charge in [0.2, 0.25) is 0 Å². The van der Waals surface area contributed by atoms with Crippen LogP contribution in [-0.2, 0) is 32.5 Å². The van der Waals surface area contributed by atoms with E-state index in [0.717, 1.165) is 0 Å². The molecule has 2 nitrogen and oxygen atoms in total. The van der Waals surface area contributed by atoms with Crippen molar-refractivity contribution in [3.63, 3.8) is 0 Å². The van der Waals surface area contributed by atoms with Gasteiger partial charge in [-0.25, -0.2) is 0 Å². The number of aryl methyl sites for hydroxylation is 2. The number of hydrogen-bond donors (Lipinski definition) is 0. The van der Waals surface area contributed by atoms with Crippen LogP contribution in [0.1, 0.15) is 166 Å². The summed E-state index contributed by atoms with van der Waals surface area (Å²) in [7, 11) is 0. The minimum atomic E-state index is -0.0911. The highest BCUT2D eigenvalue weighted by molar-refractivity contribution is 7.26. The van der Waals surface area contributed by atoms with E-state index in [1.165, 1.54) is 165 Å². The second-order valence-electron chi connectivity index (χ2n) is 27.0. The Morgan fingerprint density at radius 2 is 0.958 bits per heavy atom. The zero-order chi connectivity index (χ0) is 50.4. The Kier molecular flexibility index (Phi) is 9.65. The van der Waals surface area contributed by atoms with Gasteiger partial charge in [0.25, 0.3) is 0 Å². The third-order valence-corrected chi connectivity index (χ3v) is 20.6. The van der Waals surface area contributed by atoms with E-state index in [0.29, 0.717) is 0 Å². The molecule has 4 heteroatoms. The van der Waals surface area contributed by atoms with Gasteiger partial charge in [-0.15, -0.1) is 11.3 Å². The number of nitrogens with zero attached hydrogens (tertiary/aromatic N) is 2. The molecule has 0 amide bonds. The highest BCUT2D eigenvalue weighted by atomic mass is 32.1. The molecule has 0 fully saturated rings. The smallest absolute Gasteiger partial charge is 0.333 e. The van der Waals surface area contributed by atoms with Crippen molar-refractivity contribution in [1.29, 1.82) is 0 Å². The standard InChI is InChI=1S/C68H73BN2S/c1-40-19-15-16-20-44(40)42-32-48-46-35-52-54(68(13,14)30-28-66(52,9)10)38-57(46)71(43-23-24-49-51(34-43)65(7,8)26-25-63(49,3)4)69-55-36-47-45-21-17-18-22-60(45)72-61(47)39-58(55)70(59(33-42)62(48)69)56-37-53-50(31-41(56)2)64(5,6)27-29-67(53,11)12/h15-24,31-39H,25-30H2,1-14H3. The van der Waals surface area contributed by atoms with Gasteiger partial charge in [0.15, 0.2) is 0 Å². The third-order valence-electron chi connectivity index (χ3n) is 19.5. The summed E-state index contributed by atoms with van der Waals surface area (Å²) in [5.41, 5.74) is 26.7. The van der Waals surface area contributed by atoms with Crippen molar-refractivity contribution in [1.82, 2.24) is 0 Å². The molecule has 0 atom stereocenters. The van der Waals surface area contributed by atoms with E-state index in [2.05, 4.69) is 222 Å². The van der Waals surface area contributed by atoms with Crippen molar-refractivity contribution in [2.45, 2.75) is 168 Å². The number of rotatable bonds is 3. The number of benzene rings is 7. The number of fused-ring (bicyclic) bond motifs is 10. The van der Waals surface area contributed by atoms with E-state index in [-0.39, 0.29) is 39.3 Å². The molecule has 7 aromatic carbocycles. The monoisotopic (exact) mass is 961 g/mol. The molecule has 0 saturated heterocycles. The molecule has 0 unspecified atom stereocenters. The third kappa shape index (κ3) is 6.58. The minimum absolute atomic E-state index is 0.0389. The van der Waals surface area contributed by atoms with Crippen LogP contribution in [0.5, 0.6) is 0 Å². The van der Waals surface area contributed by atoms with Crippen LogP contribution in [0.25, 0.3) is 42.4 Å². The van der Waals surface area contributed by atoms with E-state index in [1.54, 1.807) is 0 Å². The van der Waals surface area contributed by atoms with Crippen molar-refractivity contribution in [2.24, 2.45) is 0 Å². The average Bonchev–Trinajstić information content (AvgIpc) is 3.70. The molecule has 364 valence electrons. The van der Waals surface area contributed by atoms with Crippen LogP contribution < -0.4 is 20.6 Å². The van der Waals surface area contributed by atoms with Gasteiger partial charge in [-0.3, -0.25) is 0 Å². The summed E-state index contributed by atoms with van der Waals surface area (Å²) in [5, 5.41) is 2.70. The normalized spacial score (nSPS) is 20.1. The number of hydrogen-bond acceptors (Lipinski definition) is 3. The van der Waals surface area contributed by atoms with Gasteiger partial charge >= 0.3 is 6.85 Å². The maximum atomic E-state index is 2.84. The van der Waals surface area contributed by atoms with Crippen molar-refractivity contribution < 1.29 is 0 Å². The van der Waals surface area contributed by atoms with Crippen LogP contribution in [0.2, 0.25) is 0 Å². The minimum Gasteiger partial charge on any atom is -0.376 e. The first-order valence-corrected chi connectivity index (χ1v) is 28.1. The predicted molar refractivity (Wildman–Crippen MR) is 314 cm³/mol. The van der Waals surface area contributed by atoms with Gasteiger partial charge in [0.1, 0.15) is 0 Å². The molecule has 72 heavy (non-hydrogen) atoms. The van der Waals surface area contributed by atoms with Gasteiger partial charge in [0, 0.05) is 54.2 Å². The lowest BCUT2D eigenvalue weighted by atomic mass is 9.43. The maximum Gasteiger partial charge on any atom is 0.333 e. The Morgan fingerprint density at radius 1 is 0.403 bits per heavy atom. The molecule has 3 heterocycles. The Hall–Kier alpha value is -5.58. The molecule has 3 aliphatic carbocycles. The second kappa shape index (κ2) is 15.0. The highest BCUT2D eigenvalue weighted by Gasteiger charge is 2.49. The Bertz CT molecular complexity index is 3650. The Morgan fingerprint density at radius 3 is 1.61 bits per heavy atom. The lowest BCUT2D eigenvalue weighted by molar-refractivity contribution is 0.332. The van der Waals surface area contributed by atoms with Gasteiger partial charge < -0.3 is 9.71 Å². The largest absolute Gasteiger partial charge is 0.376 e. The van der Waals surface area contributed by atoms with Crippen LogP contribution in [0.15, 0.2) is 115 Å². The molecule has 0 N–H and O–H groups in total. The summed E-state index contributed by atoms with van der Waals surface area (Å²) in [5.74, 6) is 0. The quantitative estimate of drug-likeness (QED) is 0.163. The molecule has 13 rings (SSSR count). The SMILES string of the molecule is Cc1ccccc1-c1cc2c3c(c1)N(c1cc4c(cc1C)C(C)(C)CCC4(C)C)c1cc4sc5ccccc5c4cc1B3N(c1ccc3c(c1)C(C)(C)CCC3(C)C)c1cc3c(cc1-2)C(C)(C)CCC3(C)C. The molecular weight excluding hydrogens is 888 g/mol. The number of thiophene rings is 1. The van der Waals surface area contributed by atoms with E-state index in [4.69, 9.17) is 0 Å². The summed E-state index contributed by atoms with van der Waals surface area (Å²) in [6.07, 6.45) is 7.09. The van der Waals surface area contributed by atoms with Crippen LogP contribution in [0, 0.1) is 13.8 Å². The predicted octanol–water partition coefficient (Wildman–Crippen LogP) is 18.1. The van der Waals surface area contributed by atoms with E-state index < -0.39 is 0 Å². The van der Waals surface area contributed by atoms with Crippen molar-refractivity contribution in [3.05, 3.63) is 160 Å². The summed E-state index contributed by atoms with van der Waals surface area (Å²) >= 11 is 1.94. The van der Waals surface area contributed by atoms with Gasteiger partial charge in [-0.1, -0.05) is 144 Å². The fraction of sp³-hybridized carbons (Fsp3) is 0.382. The van der Waals surface area contributed by atoms with E-state index in [1.807, 2.05) is 11.3 Å². The van der Waals surface area contributed by atoms with Crippen LogP contribution >= 0.6 is 11.3 Å². The fourth-order valence-corrected chi connectivity index (χ4v) is 15.6. The Balaban J connectivity index is 1.21. The molecule has 8 aromatic rings.